The van der Waals surface area contributed by atoms with Crippen molar-refractivity contribution >= 4 is 28.7 Å². The molecule has 0 saturated heterocycles. The third-order valence-corrected chi connectivity index (χ3v) is 5.74. The zero-order chi connectivity index (χ0) is 21.4. The highest BCUT2D eigenvalue weighted by atomic mass is 16.5. The molecule has 1 aromatic heterocycles. The lowest BCUT2D eigenvalue weighted by Crippen LogP contribution is -2.60. The summed E-state index contributed by atoms with van der Waals surface area (Å²) < 4.78 is 4.51. The van der Waals surface area contributed by atoms with Crippen LogP contribution >= 0.6 is 0 Å². The van der Waals surface area contributed by atoms with Gasteiger partial charge in [-0.05, 0) is 30.9 Å². The monoisotopic (exact) mass is 414 g/mol. The third-order valence-electron chi connectivity index (χ3n) is 5.74. The molecule has 1 aliphatic rings. The molecule has 1 aliphatic carbocycles. The quantitative estimate of drug-likeness (QED) is 0.464. The van der Waals surface area contributed by atoms with Gasteiger partial charge in [0.2, 0.25) is 11.8 Å². The average molecular weight is 415 g/mol. The number of fused-ring (bicyclic) bond motifs is 1. The van der Waals surface area contributed by atoms with Gasteiger partial charge in [-0.1, -0.05) is 37.5 Å². The van der Waals surface area contributed by atoms with Gasteiger partial charge in [0.15, 0.2) is 0 Å². The van der Waals surface area contributed by atoms with Crippen molar-refractivity contribution in [3.63, 3.8) is 0 Å². The molecule has 8 nitrogen and oxygen atoms in total. The molecule has 1 fully saturated rings. The normalized spacial score (nSPS) is 15.5. The summed E-state index contributed by atoms with van der Waals surface area (Å²) >= 11 is 0. The van der Waals surface area contributed by atoms with Crippen LogP contribution in [0.1, 0.15) is 37.7 Å². The Morgan fingerprint density at radius 1 is 1.07 bits per heavy atom. The van der Waals surface area contributed by atoms with Crippen molar-refractivity contribution in [2.45, 2.75) is 44.1 Å². The summed E-state index contributed by atoms with van der Waals surface area (Å²) in [6, 6.07) is 8.10. The van der Waals surface area contributed by atoms with Crippen LogP contribution < -0.4 is 16.0 Å². The van der Waals surface area contributed by atoms with E-state index in [2.05, 4.69) is 31.7 Å². The van der Waals surface area contributed by atoms with Gasteiger partial charge in [0, 0.05) is 23.6 Å². The molecule has 0 radical (unpaired) electrons. The van der Waals surface area contributed by atoms with Gasteiger partial charge in [-0.2, -0.15) is 0 Å². The molecule has 0 atom stereocenters. The van der Waals surface area contributed by atoms with Gasteiger partial charge in [-0.15, -0.1) is 0 Å². The molecule has 0 unspecified atom stereocenters. The number of para-hydroxylation sites is 1. The minimum atomic E-state index is -0.749. The highest BCUT2D eigenvalue weighted by Crippen LogP contribution is 2.28. The fourth-order valence-electron chi connectivity index (χ4n) is 4.01. The van der Waals surface area contributed by atoms with Gasteiger partial charge >= 0.3 is 5.97 Å². The van der Waals surface area contributed by atoms with Gasteiger partial charge in [0.1, 0.15) is 6.54 Å². The molecule has 162 valence electrons. The molecule has 1 saturated carbocycles. The number of rotatable bonds is 9. The van der Waals surface area contributed by atoms with Crippen LogP contribution in [0, 0.1) is 0 Å². The Bertz CT molecular complexity index is 886. The summed E-state index contributed by atoms with van der Waals surface area (Å²) in [7, 11) is 1.27. The molecule has 30 heavy (non-hydrogen) atoms. The van der Waals surface area contributed by atoms with Crippen LogP contribution in [0.15, 0.2) is 30.5 Å². The molecular weight excluding hydrogens is 384 g/mol. The Morgan fingerprint density at radius 2 is 1.83 bits per heavy atom. The predicted octanol–water partition coefficient (Wildman–Crippen LogP) is 1.41. The van der Waals surface area contributed by atoms with Crippen molar-refractivity contribution in [3.8, 4) is 0 Å². The zero-order valence-electron chi connectivity index (χ0n) is 17.4. The molecule has 3 rings (SSSR count). The second kappa shape index (κ2) is 10.2. The molecule has 2 amide bonds. The highest BCUT2D eigenvalue weighted by molar-refractivity contribution is 5.88. The van der Waals surface area contributed by atoms with E-state index in [9.17, 15) is 14.4 Å². The number of nitrogens with one attached hydrogen (secondary N) is 4. The number of methoxy groups -OCH3 is 1. The number of hydrogen-bond donors (Lipinski definition) is 4. The number of carbonyl (C=O) groups is 3. The van der Waals surface area contributed by atoms with Crippen LogP contribution in [0.4, 0.5) is 0 Å². The lowest BCUT2D eigenvalue weighted by molar-refractivity contribution is -0.141. The van der Waals surface area contributed by atoms with Crippen molar-refractivity contribution in [1.82, 2.24) is 20.9 Å². The van der Waals surface area contributed by atoms with Crippen molar-refractivity contribution in [3.05, 3.63) is 36.0 Å². The molecule has 0 spiro atoms. The summed E-state index contributed by atoms with van der Waals surface area (Å²) in [5.74, 6) is -0.912. The molecule has 8 heteroatoms. The fraction of sp³-hybridized carbons (Fsp3) is 0.500. The van der Waals surface area contributed by atoms with E-state index in [0.29, 0.717) is 19.4 Å². The number of benzene rings is 1. The maximum absolute atomic E-state index is 13.0. The van der Waals surface area contributed by atoms with E-state index in [0.717, 1.165) is 31.2 Å². The summed E-state index contributed by atoms with van der Waals surface area (Å²) in [5.41, 5.74) is 1.50. The maximum atomic E-state index is 13.0. The molecule has 0 bridgehead atoms. The van der Waals surface area contributed by atoms with Gasteiger partial charge in [0.05, 0.1) is 19.2 Å². The van der Waals surface area contributed by atoms with Crippen LogP contribution in [0.3, 0.4) is 0 Å². The summed E-state index contributed by atoms with van der Waals surface area (Å²) in [6.07, 6.45) is 7.05. The summed E-state index contributed by atoms with van der Waals surface area (Å²) in [6.45, 7) is 0.326. The largest absolute Gasteiger partial charge is 0.468 e. The Kier molecular flexibility index (Phi) is 7.46. The van der Waals surface area contributed by atoms with E-state index in [1.54, 1.807) is 0 Å². The van der Waals surface area contributed by atoms with E-state index in [-0.39, 0.29) is 24.9 Å². The van der Waals surface area contributed by atoms with E-state index >= 15 is 0 Å². The van der Waals surface area contributed by atoms with Gasteiger partial charge < -0.3 is 20.4 Å². The predicted molar refractivity (Wildman–Crippen MR) is 114 cm³/mol. The molecule has 2 aromatic rings. The van der Waals surface area contributed by atoms with Crippen LogP contribution in [0.5, 0.6) is 0 Å². The number of H-pyrrole nitrogens is 1. The summed E-state index contributed by atoms with van der Waals surface area (Å²) in [4.78, 5) is 39.5. The second-order valence-electron chi connectivity index (χ2n) is 7.71. The lowest BCUT2D eigenvalue weighted by Gasteiger charge is -2.36. The standard InChI is InChI=1S/C22H30N4O4/c1-30-20(28)15-25-19(27)14-26-22(10-5-2-6-11-22)21(29)23-12-9-16-13-24-18-8-4-3-7-17(16)18/h3-4,7-8,13,24,26H,2,5-6,9-12,14-15H2,1H3,(H,23,29)(H,25,27). The number of aromatic nitrogens is 1. The molecule has 0 aliphatic heterocycles. The van der Waals surface area contributed by atoms with Gasteiger partial charge in [-0.3, -0.25) is 19.7 Å². The number of esters is 1. The number of aromatic amines is 1. The average Bonchev–Trinajstić information content (AvgIpc) is 3.19. The first-order valence-electron chi connectivity index (χ1n) is 10.5. The first-order valence-corrected chi connectivity index (χ1v) is 10.5. The zero-order valence-corrected chi connectivity index (χ0v) is 17.4. The van der Waals surface area contributed by atoms with Crippen LogP contribution in [-0.4, -0.2) is 55.1 Å². The Morgan fingerprint density at radius 3 is 2.60 bits per heavy atom. The minimum absolute atomic E-state index is 0.0210. The van der Waals surface area contributed by atoms with Crippen molar-refractivity contribution in [1.29, 1.82) is 0 Å². The van der Waals surface area contributed by atoms with E-state index in [4.69, 9.17) is 0 Å². The first kappa shape index (κ1) is 21.8. The van der Waals surface area contributed by atoms with E-state index in [1.165, 1.54) is 18.1 Å². The SMILES string of the molecule is COC(=O)CNC(=O)CNC1(C(=O)NCCc2c[nH]c3ccccc23)CCCCC1. The number of amides is 2. The maximum Gasteiger partial charge on any atom is 0.325 e. The number of hydrogen-bond acceptors (Lipinski definition) is 5. The fourth-order valence-corrected chi connectivity index (χ4v) is 4.01. The lowest BCUT2D eigenvalue weighted by atomic mass is 9.80. The molecule has 1 aromatic carbocycles. The van der Waals surface area contributed by atoms with Gasteiger partial charge in [0.25, 0.3) is 0 Å². The van der Waals surface area contributed by atoms with Crippen molar-refractivity contribution < 1.29 is 19.1 Å². The third kappa shape index (κ3) is 5.38. The number of ether oxygens (including phenoxy) is 1. The van der Waals surface area contributed by atoms with E-state index < -0.39 is 11.5 Å². The smallest absolute Gasteiger partial charge is 0.325 e. The van der Waals surface area contributed by atoms with E-state index in [1.807, 2.05) is 24.4 Å². The van der Waals surface area contributed by atoms with Gasteiger partial charge in [-0.25, -0.2) is 0 Å². The second-order valence-corrected chi connectivity index (χ2v) is 7.71. The molecular formula is C22H30N4O4. The van der Waals surface area contributed by atoms with Crippen molar-refractivity contribution in [2.75, 3.05) is 26.7 Å². The Labute approximate surface area is 176 Å². The number of carbonyl (C=O) groups excluding carboxylic acids is 3. The first-order chi connectivity index (χ1) is 14.5. The summed E-state index contributed by atoms with van der Waals surface area (Å²) in [5, 5.41) is 9.89. The van der Waals surface area contributed by atoms with Crippen LogP contribution in [0.2, 0.25) is 0 Å². The Hall–Kier alpha value is -2.87. The van der Waals surface area contributed by atoms with Crippen LogP contribution in [-0.2, 0) is 25.5 Å². The minimum Gasteiger partial charge on any atom is -0.468 e. The molecule has 4 N–H and O–H groups in total. The van der Waals surface area contributed by atoms with Crippen LogP contribution in [0.25, 0.3) is 10.9 Å². The topological polar surface area (TPSA) is 112 Å². The Balaban J connectivity index is 1.54. The van der Waals surface area contributed by atoms with Crippen molar-refractivity contribution in [2.24, 2.45) is 0 Å². The molecule has 1 heterocycles. The highest BCUT2D eigenvalue weighted by Gasteiger charge is 2.39.